The summed E-state index contributed by atoms with van der Waals surface area (Å²) in [4.78, 5) is 18.9. The third kappa shape index (κ3) is 6.77. The molecule has 0 aliphatic carbocycles. The summed E-state index contributed by atoms with van der Waals surface area (Å²) in [5.74, 6) is 1.31. The number of aryl methyl sites for hydroxylation is 1. The monoisotopic (exact) mass is 376 g/mol. The zero-order chi connectivity index (χ0) is 18.9. The van der Waals surface area contributed by atoms with Crippen LogP contribution in [0.5, 0.6) is 5.75 Å². The molecule has 0 atom stereocenters. The average Bonchev–Trinajstić information content (AvgIpc) is 3.05. The van der Waals surface area contributed by atoms with E-state index in [9.17, 15) is 4.79 Å². The van der Waals surface area contributed by atoms with Crippen molar-refractivity contribution in [3.05, 3.63) is 45.9 Å². The SMILES string of the molecule is COCCN(Cc1csc(COc2ccc(C)cc2)n1)C(=O)CC(C)C. The van der Waals surface area contributed by atoms with E-state index in [2.05, 4.69) is 18.8 Å². The Kier molecular flexibility index (Phi) is 8.06. The minimum absolute atomic E-state index is 0.141. The van der Waals surface area contributed by atoms with E-state index in [-0.39, 0.29) is 5.91 Å². The lowest BCUT2D eigenvalue weighted by Crippen LogP contribution is -2.34. The van der Waals surface area contributed by atoms with Gasteiger partial charge in [0.05, 0.1) is 18.8 Å². The zero-order valence-electron chi connectivity index (χ0n) is 16.0. The molecule has 1 heterocycles. The largest absolute Gasteiger partial charge is 0.486 e. The molecular weight excluding hydrogens is 348 g/mol. The second-order valence-electron chi connectivity index (χ2n) is 6.74. The Morgan fingerprint density at radius 2 is 2.00 bits per heavy atom. The maximum atomic E-state index is 12.4. The third-order valence-electron chi connectivity index (χ3n) is 3.84. The molecule has 0 aliphatic heterocycles. The predicted octanol–water partition coefficient (Wildman–Crippen LogP) is 4.05. The lowest BCUT2D eigenvalue weighted by atomic mass is 10.1. The van der Waals surface area contributed by atoms with Crippen LogP contribution < -0.4 is 4.74 Å². The van der Waals surface area contributed by atoms with Crippen molar-refractivity contribution in [1.29, 1.82) is 0 Å². The normalized spacial score (nSPS) is 11.0. The molecule has 0 N–H and O–H groups in total. The fraction of sp³-hybridized carbons (Fsp3) is 0.500. The number of benzene rings is 1. The van der Waals surface area contributed by atoms with Crippen LogP contribution in [-0.2, 0) is 22.7 Å². The van der Waals surface area contributed by atoms with Gasteiger partial charge in [0.1, 0.15) is 17.4 Å². The third-order valence-corrected chi connectivity index (χ3v) is 4.71. The lowest BCUT2D eigenvalue weighted by molar-refractivity contribution is -0.133. The average molecular weight is 377 g/mol. The molecule has 1 aromatic carbocycles. The van der Waals surface area contributed by atoms with Gasteiger partial charge in [-0.25, -0.2) is 4.98 Å². The quantitative estimate of drug-likeness (QED) is 0.628. The predicted molar refractivity (Wildman–Crippen MR) is 104 cm³/mol. The van der Waals surface area contributed by atoms with Crippen molar-refractivity contribution in [2.45, 2.75) is 40.3 Å². The van der Waals surface area contributed by atoms with E-state index in [1.807, 2.05) is 41.5 Å². The van der Waals surface area contributed by atoms with E-state index < -0.39 is 0 Å². The number of ether oxygens (including phenoxy) is 2. The summed E-state index contributed by atoms with van der Waals surface area (Å²) in [6, 6.07) is 7.97. The highest BCUT2D eigenvalue weighted by molar-refractivity contribution is 7.09. The van der Waals surface area contributed by atoms with Crippen LogP contribution in [0.4, 0.5) is 0 Å². The first-order chi connectivity index (χ1) is 12.5. The van der Waals surface area contributed by atoms with Crippen molar-refractivity contribution in [3.8, 4) is 5.75 Å². The van der Waals surface area contributed by atoms with Crippen LogP contribution in [0.2, 0.25) is 0 Å². The Labute approximate surface area is 160 Å². The zero-order valence-corrected chi connectivity index (χ0v) is 16.8. The molecule has 0 bridgehead atoms. The highest BCUT2D eigenvalue weighted by atomic mass is 32.1. The summed E-state index contributed by atoms with van der Waals surface area (Å²) >= 11 is 1.56. The number of thiazole rings is 1. The van der Waals surface area contributed by atoms with E-state index in [1.165, 1.54) is 5.56 Å². The van der Waals surface area contributed by atoms with Crippen molar-refractivity contribution in [2.75, 3.05) is 20.3 Å². The number of rotatable bonds is 10. The van der Waals surface area contributed by atoms with Gasteiger partial charge in [0, 0.05) is 25.5 Å². The van der Waals surface area contributed by atoms with Gasteiger partial charge in [-0.15, -0.1) is 11.3 Å². The summed E-state index contributed by atoms with van der Waals surface area (Å²) in [5.41, 5.74) is 2.10. The number of methoxy groups -OCH3 is 1. The van der Waals surface area contributed by atoms with Gasteiger partial charge in [0.25, 0.3) is 0 Å². The minimum Gasteiger partial charge on any atom is -0.486 e. The van der Waals surface area contributed by atoms with Crippen LogP contribution >= 0.6 is 11.3 Å². The van der Waals surface area contributed by atoms with Gasteiger partial charge in [-0.05, 0) is 25.0 Å². The van der Waals surface area contributed by atoms with Crippen molar-refractivity contribution in [3.63, 3.8) is 0 Å². The number of hydrogen-bond acceptors (Lipinski definition) is 5. The summed E-state index contributed by atoms with van der Waals surface area (Å²) in [6.07, 6.45) is 0.539. The molecule has 142 valence electrons. The summed E-state index contributed by atoms with van der Waals surface area (Å²) in [5, 5.41) is 2.90. The highest BCUT2D eigenvalue weighted by Gasteiger charge is 2.16. The molecular formula is C20H28N2O3S. The summed E-state index contributed by atoms with van der Waals surface area (Å²) in [7, 11) is 1.65. The van der Waals surface area contributed by atoms with E-state index in [0.29, 0.717) is 38.6 Å². The number of aromatic nitrogens is 1. The molecule has 26 heavy (non-hydrogen) atoms. The molecule has 0 spiro atoms. The van der Waals surface area contributed by atoms with Crippen LogP contribution in [0.15, 0.2) is 29.6 Å². The molecule has 5 nitrogen and oxygen atoms in total. The molecule has 0 radical (unpaired) electrons. The van der Waals surface area contributed by atoms with Gasteiger partial charge < -0.3 is 14.4 Å². The molecule has 1 amide bonds. The number of nitrogens with zero attached hydrogens (tertiary/aromatic N) is 2. The Bertz CT molecular complexity index is 683. The van der Waals surface area contributed by atoms with Crippen LogP contribution in [0.3, 0.4) is 0 Å². The van der Waals surface area contributed by atoms with Crippen molar-refractivity contribution in [2.24, 2.45) is 5.92 Å². The van der Waals surface area contributed by atoms with Gasteiger partial charge in [-0.3, -0.25) is 4.79 Å². The standard InChI is InChI=1S/C20H28N2O3S/c1-15(2)11-20(23)22(9-10-24-4)12-17-14-26-19(21-17)13-25-18-7-5-16(3)6-8-18/h5-8,14-15H,9-13H2,1-4H3. The van der Waals surface area contributed by atoms with Gasteiger partial charge in [-0.1, -0.05) is 31.5 Å². The maximum Gasteiger partial charge on any atom is 0.223 e. The number of hydrogen-bond donors (Lipinski definition) is 0. The molecule has 0 aliphatic rings. The van der Waals surface area contributed by atoms with Crippen molar-refractivity contribution >= 4 is 17.2 Å². The molecule has 0 saturated carbocycles. The fourth-order valence-electron chi connectivity index (χ4n) is 2.43. The molecule has 6 heteroatoms. The summed E-state index contributed by atoms with van der Waals surface area (Å²) in [6.45, 7) is 8.20. The Hall–Kier alpha value is -1.92. The molecule has 0 fully saturated rings. The Balaban J connectivity index is 1.92. The van der Waals surface area contributed by atoms with Gasteiger partial charge in [-0.2, -0.15) is 0 Å². The number of carbonyl (C=O) groups excluding carboxylic acids is 1. The molecule has 2 aromatic rings. The van der Waals surface area contributed by atoms with E-state index >= 15 is 0 Å². The number of carbonyl (C=O) groups is 1. The van der Waals surface area contributed by atoms with Crippen molar-refractivity contribution < 1.29 is 14.3 Å². The second kappa shape index (κ2) is 10.3. The first-order valence-electron chi connectivity index (χ1n) is 8.87. The first kappa shape index (κ1) is 20.4. The van der Waals surface area contributed by atoms with Gasteiger partial charge in [0.15, 0.2) is 0 Å². The highest BCUT2D eigenvalue weighted by Crippen LogP contribution is 2.17. The maximum absolute atomic E-state index is 12.4. The van der Waals surface area contributed by atoms with Gasteiger partial charge in [0.2, 0.25) is 5.91 Å². The lowest BCUT2D eigenvalue weighted by Gasteiger charge is -2.22. The smallest absolute Gasteiger partial charge is 0.223 e. The molecule has 2 rings (SSSR count). The Morgan fingerprint density at radius 3 is 2.65 bits per heavy atom. The first-order valence-corrected chi connectivity index (χ1v) is 9.75. The van der Waals surface area contributed by atoms with E-state index in [4.69, 9.17) is 9.47 Å². The number of amides is 1. The van der Waals surface area contributed by atoms with Crippen LogP contribution in [0.25, 0.3) is 0 Å². The second-order valence-corrected chi connectivity index (χ2v) is 7.68. The fourth-order valence-corrected chi connectivity index (χ4v) is 3.13. The summed E-state index contributed by atoms with van der Waals surface area (Å²) < 4.78 is 10.9. The van der Waals surface area contributed by atoms with Crippen LogP contribution in [-0.4, -0.2) is 36.1 Å². The van der Waals surface area contributed by atoms with Gasteiger partial charge >= 0.3 is 0 Å². The Morgan fingerprint density at radius 1 is 1.27 bits per heavy atom. The van der Waals surface area contributed by atoms with Crippen LogP contribution in [0.1, 0.15) is 36.5 Å². The van der Waals surface area contributed by atoms with E-state index in [1.54, 1.807) is 18.4 Å². The molecule has 1 aromatic heterocycles. The topological polar surface area (TPSA) is 51.7 Å². The van der Waals surface area contributed by atoms with Crippen LogP contribution in [0, 0.1) is 12.8 Å². The molecule has 0 saturated heterocycles. The molecule has 0 unspecified atom stereocenters. The van der Waals surface area contributed by atoms with Crippen molar-refractivity contribution in [1.82, 2.24) is 9.88 Å². The van der Waals surface area contributed by atoms with E-state index in [0.717, 1.165) is 16.5 Å². The minimum atomic E-state index is 0.141.